The fourth-order valence-corrected chi connectivity index (χ4v) is 3.65. The van der Waals surface area contributed by atoms with Crippen LogP contribution in [0.5, 0.6) is 5.75 Å². The summed E-state index contributed by atoms with van der Waals surface area (Å²) in [6.07, 6.45) is 6.41. The Hall–Kier alpha value is -2.24. The predicted molar refractivity (Wildman–Crippen MR) is 97.6 cm³/mol. The van der Waals surface area contributed by atoms with Crippen molar-refractivity contribution in [3.8, 4) is 5.75 Å². The van der Waals surface area contributed by atoms with E-state index in [1.807, 2.05) is 18.2 Å². The van der Waals surface area contributed by atoms with Gasteiger partial charge in [0.1, 0.15) is 5.75 Å². The summed E-state index contributed by atoms with van der Waals surface area (Å²) in [6, 6.07) is 7.59. The van der Waals surface area contributed by atoms with Crippen LogP contribution in [0.1, 0.15) is 50.5 Å². The lowest BCUT2D eigenvalue weighted by Gasteiger charge is -2.31. The number of unbranched alkanes of at least 4 members (excludes halogenated alkanes) is 1. The molecule has 0 aromatic heterocycles. The van der Waals surface area contributed by atoms with Gasteiger partial charge in [0.15, 0.2) is 0 Å². The molecule has 6 heteroatoms. The van der Waals surface area contributed by atoms with Gasteiger partial charge in [0, 0.05) is 30.5 Å². The highest BCUT2D eigenvalue weighted by Gasteiger charge is 2.37. The molecule has 1 aliphatic carbocycles. The maximum absolute atomic E-state index is 12.2. The van der Waals surface area contributed by atoms with Crippen LogP contribution in [0.2, 0.25) is 0 Å². The Morgan fingerprint density at radius 3 is 2.56 bits per heavy atom. The van der Waals surface area contributed by atoms with Gasteiger partial charge in [0.05, 0.1) is 7.11 Å². The first-order valence-corrected chi connectivity index (χ1v) is 9.01. The lowest BCUT2D eigenvalue weighted by molar-refractivity contribution is -0.121. The third-order valence-electron chi connectivity index (χ3n) is 4.99. The molecule has 25 heavy (non-hydrogen) atoms. The van der Waals surface area contributed by atoms with Crippen molar-refractivity contribution in [1.29, 1.82) is 0 Å². The zero-order valence-corrected chi connectivity index (χ0v) is 15.0. The van der Waals surface area contributed by atoms with Gasteiger partial charge in [-0.1, -0.05) is 31.0 Å². The standard InChI is InChI=1S/C19H29N3O3/c1-25-16-9-3-2-8-15(16)19(11-5-6-12-19)14-22-17(23)10-4-7-13-21-18(20)24/h2-3,8-9H,4-7,10-14H2,1H3,(H,22,23)(H3,20,21,24). The predicted octanol–water partition coefficient (Wildman–Crippen LogP) is 2.46. The Morgan fingerprint density at radius 2 is 1.88 bits per heavy atom. The number of primary amides is 1. The smallest absolute Gasteiger partial charge is 0.312 e. The molecule has 0 unspecified atom stereocenters. The number of carbonyl (C=O) groups is 2. The van der Waals surface area contributed by atoms with Crippen molar-refractivity contribution in [3.05, 3.63) is 29.8 Å². The van der Waals surface area contributed by atoms with Gasteiger partial charge in [0.2, 0.25) is 5.91 Å². The molecule has 1 fully saturated rings. The lowest BCUT2D eigenvalue weighted by Crippen LogP contribution is -2.39. The molecular formula is C19H29N3O3. The summed E-state index contributed by atoms with van der Waals surface area (Å²) in [4.78, 5) is 22.8. The molecule has 4 N–H and O–H groups in total. The van der Waals surface area contributed by atoms with Gasteiger partial charge in [-0.15, -0.1) is 0 Å². The number of amides is 3. The van der Waals surface area contributed by atoms with E-state index >= 15 is 0 Å². The van der Waals surface area contributed by atoms with Gasteiger partial charge in [-0.25, -0.2) is 4.79 Å². The average molecular weight is 347 g/mol. The molecule has 1 aromatic carbocycles. The first-order valence-electron chi connectivity index (χ1n) is 9.01. The SMILES string of the molecule is COc1ccccc1C1(CNC(=O)CCCCNC(N)=O)CCCC1. The maximum atomic E-state index is 12.2. The number of carbonyl (C=O) groups excluding carboxylic acids is 2. The molecule has 0 spiro atoms. The second kappa shape index (κ2) is 9.30. The number of hydrogen-bond donors (Lipinski definition) is 3. The molecule has 3 amide bonds. The Kier molecular flexibility index (Phi) is 7.10. The highest BCUT2D eigenvalue weighted by Crippen LogP contribution is 2.44. The number of hydrogen-bond acceptors (Lipinski definition) is 3. The zero-order chi connectivity index (χ0) is 18.1. The van der Waals surface area contributed by atoms with E-state index in [2.05, 4.69) is 16.7 Å². The van der Waals surface area contributed by atoms with Crippen LogP contribution < -0.4 is 21.1 Å². The molecule has 138 valence electrons. The molecule has 1 aliphatic rings. The number of nitrogens with one attached hydrogen (secondary N) is 2. The minimum absolute atomic E-state index is 0.0320. The molecule has 6 nitrogen and oxygen atoms in total. The normalized spacial score (nSPS) is 15.6. The quantitative estimate of drug-likeness (QED) is 0.599. The van der Waals surface area contributed by atoms with Crippen LogP contribution >= 0.6 is 0 Å². The summed E-state index contributed by atoms with van der Waals surface area (Å²) in [7, 11) is 1.69. The van der Waals surface area contributed by atoms with Crippen LogP contribution in [0.4, 0.5) is 4.79 Å². The number of rotatable bonds is 9. The van der Waals surface area contributed by atoms with E-state index in [4.69, 9.17) is 10.5 Å². The monoisotopic (exact) mass is 347 g/mol. The fraction of sp³-hybridized carbons (Fsp3) is 0.579. The van der Waals surface area contributed by atoms with Crippen LogP contribution in [0.25, 0.3) is 0 Å². The highest BCUT2D eigenvalue weighted by molar-refractivity contribution is 5.76. The van der Waals surface area contributed by atoms with Gasteiger partial charge in [-0.05, 0) is 31.7 Å². The highest BCUT2D eigenvalue weighted by atomic mass is 16.5. The number of methoxy groups -OCH3 is 1. The first kappa shape index (κ1) is 19.1. The number of nitrogens with two attached hydrogens (primary N) is 1. The minimum atomic E-state index is -0.524. The Balaban J connectivity index is 1.87. The summed E-state index contributed by atoms with van der Waals surface area (Å²) in [5, 5.41) is 5.64. The molecule has 2 rings (SSSR count). The molecule has 1 saturated carbocycles. The third kappa shape index (κ3) is 5.37. The topological polar surface area (TPSA) is 93.4 Å². The van der Waals surface area contributed by atoms with Crippen molar-refractivity contribution < 1.29 is 14.3 Å². The molecule has 0 aliphatic heterocycles. The molecular weight excluding hydrogens is 318 g/mol. The van der Waals surface area contributed by atoms with Crippen LogP contribution in [0.3, 0.4) is 0 Å². The minimum Gasteiger partial charge on any atom is -0.496 e. The van der Waals surface area contributed by atoms with Gasteiger partial charge in [0.25, 0.3) is 0 Å². The second-order valence-corrected chi connectivity index (χ2v) is 6.71. The Bertz CT molecular complexity index is 583. The van der Waals surface area contributed by atoms with Crippen molar-refractivity contribution in [2.45, 2.75) is 50.4 Å². The van der Waals surface area contributed by atoms with E-state index in [1.54, 1.807) is 7.11 Å². The van der Waals surface area contributed by atoms with Crippen LogP contribution in [0.15, 0.2) is 24.3 Å². The summed E-state index contributed by atoms with van der Waals surface area (Å²) >= 11 is 0. The Labute approximate surface area is 149 Å². The summed E-state index contributed by atoms with van der Waals surface area (Å²) in [6.45, 7) is 1.15. The van der Waals surface area contributed by atoms with E-state index in [-0.39, 0.29) is 11.3 Å². The van der Waals surface area contributed by atoms with Crippen molar-refractivity contribution in [2.24, 2.45) is 5.73 Å². The van der Waals surface area contributed by atoms with Crippen molar-refractivity contribution in [2.75, 3.05) is 20.2 Å². The molecule has 0 saturated heterocycles. The molecule has 0 atom stereocenters. The van der Waals surface area contributed by atoms with Crippen molar-refractivity contribution in [3.63, 3.8) is 0 Å². The molecule has 0 heterocycles. The van der Waals surface area contributed by atoms with E-state index in [9.17, 15) is 9.59 Å². The van der Waals surface area contributed by atoms with Gasteiger partial charge < -0.3 is 21.1 Å². The van der Waals surface area contributed by atoms with E-state index in [0.717, 1.165) is 31.4 Å². The molecule has 1 aromatic rings. The van der Waals surface area contributed by atoms with Crippen LogP contribution in [-0.2, 0) is 10.2 Å². The zero-order valence-electron chi connectivity index (χ0n) is 15.0. The van der Waals surface area contributed by atoms with Gasteiger partial charge in [-0.2, -0.15) is 0 Å². The number of para-hydroxylation sites is 1. The van der Waals surface area contributed by atoms with E-state index in [1.165, 1.54) is 18.4 Å². The van der Waals surface area contributed by atoms with Crippen molar-refractivity contribution in [1.82, 2.24) is 10.6 Å². The largest absolute Gasteiger partial charge is 0.496 e. The summed E-state index contributed by atoms with van der Waals surface area (Å²) in [5.74, 6) is 0.955. The van der Waals surface area contributed by atoms with Crippen LogP contribution in [0, 0.1) is 0 Å². The summed E-state index contributed by atoms with van der Waals surface area (Å²) < 4.78 is 5.54. The van der Waals surface area contributed by atoms with E-state index in [0.29, 0.717) is 19.5 Å². The first-order chi connectivity index (χ1) is 12.1. The molecule has 0 radical (unpaired) electrons. The number of urea groups is 1. The van der Waals surface area contributed by atoms with E-state index < -0.39 is 6.03 Å². The van der Waals surface area contributed by atoms with Gasteiger partial charge in [-0.3, -0.25) is 4.79 Å². The second-order valence-electron chi connectivity index (χ2n) is 6.71. The molecule has 0 bridgehead atoms. The maximum Gasteiger partial charge on any atom is 0.312 e. The number of benzene rings is 1. The van der Waals surface area contributed by atoms with Crippen LogP contribution in [-0.4, -0.2) is 32.1 Å². The van der Waals surface area contributed by atoms with Gasteiger partial charge >= 0.3 is 6.03 Å². The van der Waals surface area contributed by atoms with Crippen molar-refractivity contribution >= 4 is 11.9 Å². The number of ether oxygens (including phenoxy) is 1. The average Bonchev–Trinajstić information content (AvgIpc) is 3.09. The Morgan fingerprint density at radius 1 is 1.16 bits per heavy atom. The fourth-order valence-electron chi connectivity index (χ4n) is 3.65. The summed E-state index contributed by atoms with van der Waals surface area (Å²) in [5.41, 5.74) is 6.17. The lowest BCUT2D eigenvalue weighted by atomic mass is 9.78. The third-order valence-corrected chi connectivity index (χ3v) is 4.99.